The highest BCUT2D eigenvalue weighted by Gasteiger charge is 2.53. The van der Waals surface area contributed by atoms with Crippen LogP contribution in [0, 0.1) is 0 Å². The summed E-state index contributed by atoms with van der Waals surface area (Å²) in [6, 6.07) is 19.4. The lowest BCUT2D eigenvalue weighted by Crippen LogP contribution is -2.68. The number of anilines is 2. The summed E-state index contributed by atoms with van der Waals surface area (Å²) in [6.07, 6.45) is -1.34. The molecule has 0 bridgehead atoms. The second-order valence-corrected chi connectivity index (χ2v) is 10.2. The molecule has 10 nitrogen and oxygen atoms in total. The summed E-state index contributed by atoms with van der Waals surface area (Å²) in [5, 5.41) is 3.61. The number of benzene rings is 3. The minimum Gasteiger partial charge on any atom is -0.399 e. The van der Waals surface area contributed by atoms with Crippen molar-refractivity contribution in [1.29, 1.82) is 0 Å². The smallest absolute Gasteiger partial charge is 0.399 e. The van der Waals surface area contributed by atoms with Crippen LogP contribution in [0.4, 0.5) is 24.5 Å². The van der Waals surface area contributed by atoms with Gasteiger partial charge in [-0.25, -0.2) is 9.59 Å². The number of nitrogens with one attached hydrogen (secondary N) is 1. The maximum absolute atomic E-state index is 13.6. The number of piperazine rings is 1. The maximum Gasteiger partial charge on any atom is 0.416 e. The lowest BCUT2D eigenvalue weighted by Gasteiger charge is -2.47. The predicted molar refractivity (Wildman–Crippen MR) is 154 cm³/mol. The van der Waals surface area contributed by atoms with Gasteiger partial charge in [0.15, 0.2) is 0 Å². The van der Waals surface area contributed by atoms with Gasteiger partial charge in [-0.2, -0.15) is 13.2 Å². The van der Waals surface area contributed by atoms with Crippen LogP contribution in [0.15, 0.2) is 97.2 Å². The largest absolute Gasteiger partial charge is 0.416 e. The van der Waals surface area contributed by atoms with E-state index in [4.69, 9.17) is 9.47 Å². The summed E-state index contributed by atoms with van der Waals surface area (Å²) < 4.78 is 50.4. The van der Waals surface area contributed by atoms with Crippen molar-refractivity contribution >= 4 is 46.0 Å². The first-order valence-electron chi connectivity index (χ1n) is 13.7. The molecule has 3 aromatic carbocycles. The maximum atomic E-state index is 13.6. The summed E-state index contributed by atoms with van der Waals surface area (Å²) in [6.45, 7) is -0.498. The van der Waals surface area contributed by atoms with Gasteiger partial charge in [-0.3, -0.25) is 19.5 Å². The zero-order valence-electron chi connectivity index (χ0n) is 23.3. The Hall–Kier alpha value is -5.72. The lowest BCUT2D eigenvalue weighted by atomic mass is 10.1. The van der Waals surface area contributed by atoms with Crippen LogP contribution >= 0.6 is 0 Å². The second kappa shape index (κ2) is 11.4. The summed E-state index contributed by atoms with van der Waals surface area (Å²) in [7, 11) is 0. The van der Waals surface area contributed by atoms with E-state index >= 15 is 0 Å². The molecule has 2 aliphatic rings. The highest BCUT2D eigenvalue weighted by atomic mass is 19.4. The van der Waals surface area contributed by atoms with Gasteiger partial charge in [0.25, 0.3) is 11.8 Å². The van der Waals surface area contributed by atoms with Crippen molar-refractivity contribution in [3.63, 3.8) is 0 Å². The number of amides is 2. The summed E-state index contributed by atoms with van der Waals surface area (Å²) in [5.41, 5.74) is 0.935. The van der Waals surface area contributed by atoms with Crippen LogP contribution in [0.1, 0.15) is 26.3 Å². The molecule has 4 aromatic rings. The number of carbonyl (C=O) groups excluding carboxylic acids is 4. The Morgan fingerprint density at radius 3 is 2.16 bits per heavy atom. The molecule has 6 rings (SSSR count). The molecular weight excluding hydrogens is 593 g/mol. The van der Waals surface area contributed by atoms with Gasteiger partial charge in [-0.05, 0) is 54.6 Å². The summed E-state index contributed by atoms with van der Waals surface area (Å²) in [5.74, 6) is -5.08. The van der Waals surface area contributed by atoms with Crippen molar-refractivity contribution < 1.29 is 41.8 Å². The van der Waals surface area contributed by atoms with E-state index in [1.807, 2.05) is 0 Å². The quantitative estimate of drug-likeness (QED) is 0.322. The van der Waals surface area contributed by atoms with Crippen molar-refractivity contribution in [3.8, 4) is 0 Å². The van der Waals surface area contributed by atoms with Crippen molar-refractivity contribution in [2.75, 3.05) is 25.0 Å². The number of aromatic nitrogens is 1. The van der Waals surface area contributed by atoms with Crippen molar-refractivity contribution in [3.05, 3.63) is 114 Å². The molecular formula is C32H23F3N4O6. The van der Waals surface area contributed by atoms with Crippen LogP contribution < -0.4 is 5.32 Å². The molecule has 0 radical (unpaired) electrons. The number of halogens is 3. The van der Waals surface area contributed by atoms with E-state index in [1.165, 1.54) is 29.3 Å². The molecule has 228 valence electrons. The van der Waals surface area contributed by atoms with Crippen LogP contribution in [0.2, 0.25) is 0 Å². The molecule has 0 saturated carbocycles. The molecule has 0 unspecified atom stereocenters. The molecule has 0 atom stereocenters. The van der Waals surface area contributed by atoms with Gasteiger partial charge in [0.05, 0.1) is 11.1 Å². The molecule has 1 N–H and O–H groups in total. The first-order chi connectivity index (χ1) is 21.5. The molecule has 1 aromatic heterocycles. The molecule has 3 heterocycles. The third kappa shape index (κ3) is 5.92. The fourth-order valence-electron chi connectivity index (χ4n) is 5.14. The molecule has 2 amide bonds. The highest BCUT2D eigenvalue weighted by Crippen LogP contribution is 2.34. The van der Waals surface area contributed by atoms with Crippen LogP contribution in [0.5, 0.6) is 0 Å². The van der Waals surface area contributed by atoms with Gasteiger partial charge >= 0.3 is 24.0 Å². The van der Waals surface area contributed by atoms with Crippen molar-refractivity contribution in [2.45, 2.75) is 12.1 Å². The van der Waals surface area contributed by atoms with E-state index in [-0.39, 0.29) is 29.7 Å². The number of fused-ring (bicyclic) bond motifs is 1. The third-order valence-corrected chi connectivity index (χ3v) is 7.31. The fourth-order valence-corrected chi connectivity index (χ4v) is 5.14. The highest BCUT2D eigenvalue weighted by molar-refractivity contribution is 5.99. The number of alkyl halides is 3. The van der Waals surface area contributed by atoms with Crippen LogP contribution in [-0.2, 0) is 25.2 Å². The number of carbonyl (C=O) groups is 4. The number of hydrogen-bond donors (Lipinski definition) is 1. The minimum atomic E-state index is -4.50. The Labute approximate surface area is 253 Å². The molecule has 45 heavy (non-hydrogen) atoms. The van der Waals surface area contributed by atoms with E-state index in [0.717, 1.165) is 29.2 Å². The number of rotatable bonds is 4. The molecule has 0 aliphatic carbocycles. The van der Waals surface area contributed by atoms with Gasteiger partial charge in [0, 0.05) is 59.3 Å². The van der Waals surface area contributed by atoms with E-state index in [1.54, 1.807) is 48.5 Å². The Bertz CT molecular complexity index is 1820. The Balaban J connectivity index is 1.22. The van der Waals surface area contributed by atoms with Crippen LogP contribution in [-0.4, -0.2) is 64.1 Å². The van der Waals surface area contributed by atoms with Crippen molar-refractivity contribution in [2.24, 2.45) is 0 Å². The zero-order valence-corrected chi connectivity index (χ0v) is 23.3. The number of ether oxygens (including phenoxy) is 2. The summed E-state index contributed by atoms with van der Waals surface area (Å²) >= 11 is 0. The minimum absolute atomic E-state index is 0.0462. The summed E-state index contributed by atoms with van der Waals surface area (Å²) in [4.78, 5) is 58.4. The van der Waals surface area contributed by atoms with Gasteiger partial charge in [-0.15, -0.1) is 0 Å². The molecule has 1 saturated heterocycles. The van der Waals surface area contributed by atoms with E-state index in [0.29, 0.717) is 16.8 Å². The fraction of sp³-hybridized carbons (Fsp3) is 0.156. The SMILES string of the molecule is O=C1C=CC(=O)OC2(CN(C(=O)c3ccc(Nc4ccnc5cc(C(F)(F)F)ccc45)cc3)CCN2C(=O)c2ccccc2)O1. The average Bonchev–Trinajstić information content (AvgIpc) is 3.17. The average molecular weight is 617 g/mol. The zero-order chi connectivity index (χ0) is 31.8. The normalized spacial score (nSPS) is 16.2. The van der Waals surface area contributed by atoms with Crippen molar-refractivity contribution in [1.82, 2.24) is 14.8 Å². The Morgan fingerprint density at radius 2 is 1.49 bits per heavy atom. The Morgan fingerprint density at radius 1 is 0.822 bits per heavy atom. The first-order valence-corrected chi connectivity index (χ1v) is 13.7. The predicted octanol–water partition coefficient (Wildman–Crippen LogP) is 4.91. The van der Waals surface area contributed by atoms with E-state index in [9.17, 15) is 32.3 Å². The molecule has 2 aliphatic heterocycles. The number of esters is 2. The first kappa shape index (κ1) is 29.4. The van der Waals surface area contributed by atoms with E-state index in [2.05, 4.69) is 10.3 Å². The number of hydrogen-bond acceptors (Lipinski definition) is 8. The molecule has 13 heteroatoms. The second-order valence-electron chi connectivity index (χ2n) is 10.2. The van der Waals surface area contributed by atoms with Gasteiger partial charge < -0.3 is 19.7 Å². The number of pyridine rings is 1. The lowest BCUT2D eigenvalue weighted by molar-refractivity contribution is -0.281. The molecule has 1 fully saturated rings. The van der Waals surface area contributed by atoms with Crippen LogP contribution in [0.3, 0.4) is 0 Å². The standard InChI is InChI=1S/C32H23F3N4O6/c33-32(34,35)22-8-11-24-25(14-15-36-26(24)18-22)37-23-9-6-21(7-10-23)29(42)38-16-17-39(30(43)20-4-2-1-3-5-20)31(19-38)44-27(40)12-13-28(41)45-31/h1-15,18H,16-17,19H2,(H,36,37). The van der Waals surface area contributed by atoms with Gasteiger partial charge in [-0.1, -0.05) is 24.3 Å². The van der Waals surface area contributed by atoms with Crippen LogP contribution in [0.25, 0.3) is 10.9 Å². The third-order valence-electron chi connectivity index (χ3n) is 7.31. The molecule has 1 spiro atoms. The van der Waals surface area contributed by atoms with Gasteiger partial charge in [0.2, 0.25) is 0 Å². The Kier molecular flexibility index (Phi) is 7.44. The monoisotopic (exact) mass is 616 g/mol. The number of nitrogens with zero attached hydrogens (tertiary/aromatic N) is 3. The van der Waals surface area contributed by atoms with E-state index < -0.39 is 47.9 Å². The topological polar surface area (TPSA) is 118 Å². The van der Waals surface area contributed by atoms with Gasteiger partial charge in [0.1, 0.15) is 6.54 Å².